The molecule has 1 aromatic carbocycles. The van der Waals surface area contributed by atoms with Crippen molar-refractivity contribution in [3.8, 4) is 5.75 Å². The van der Waals surface area contributed by atoms with Gasteiger partial charge in [0.2, 0.25) is 0 Å². The van der Waals surface area contributed by atoms with Crippen LogP contribution in [-0.4, -0.2) is 16.7 Å². The normalized spacial score (nSPS) is 20.5. The fourth-order valence-corrected chi connectivity index (χ4v) is 4.05. The highest BCUT2D eigenvalue weighted by Crippen LogP contribution is 2.44. The van der Waals surface area contributed by atoms with E-state index in [1.165, 1.54) is 5.57 Å². The molecule has 0 fully saturated rings. The Labute approximate surface area is 153 Å². The number of phenolic OH excluding ortho intramolecular Hbond substituents is 1. The van der Waals surface area contributed by atoms with Gasteiger partial charge in [0.25, 0.3) is 0 Å². The number of hydrogen-bond acceptors (Lipinski definition) is 2. The van der Waals surface area contributed by atoms with Crippen LogP contribution in [0.5, 0.6) is 5.75 Å². The highest BCUT2D eigenvalue weighted by atomic mass is 79.9. The van der Waals surface area contributed by atoms with Crippen molar-refractivity contribution in [3.05, 3.63) is 52.6 Å². The van der Waals surface area contributed by atoms with E-state index < -0.39 is 0 Å². The molecule has 1 aliphatic rings. The maximum atomic E-state index is 11.7. The first-order valence-corrected chi connectivity index (χ1v) is 9.79. The molecule has 0 saturated carbocycles. The molecule has 0 radical (unpaired) electrons. The van der Waals surface area contributed by atoms with Gasteiger partial charge in [0.15, 0.2) is 0 Å². The number of aromatic hydroxyl groups is 1. The van der Waals surface area contributed by atoms with E-state index >= 15 is 0 Å². The Hall–Kier alpha value is -1.35. The molecule has 0 amide bonds. The molecule has 0 spiro atoms. The first-order valence-electron chi connectivity index (χ1n) is 8.67. The SMILES string of the molecule is C=C(C)C1CCC(C)=CC1c1c(O)cc(CCCCBr)cc1C=O. The van der Waals surface area contributed by atoms with Crippen molar-refractivity contribution in [2.24, 2.45) is 5.92 Å². The summed E-state index contributed by atoms with van der Waals surface area (Å²) in [7, 11) is 0. The van der Waals surface area contributed by atoms with E-state index in [-0.39, 0.29) is 17.6 Å². The summed E-state index contributed by atoms with van der Waals surface area (Å²) in [6.45, 7) is 8.29. The Morgan fingerprint density at radius 3 is 2.79 bits per heavy atom. The van der Waals surface area contributed by atoms with Crippen LogP contribution in [0.3, 0.4) is 0 Å². The summed E-state index contributed by atoms with van der Waals surface area (Å²) >= 11 is 3.43. The average Bonchev–Trinajstić information content (AvgIpc) is 2.54. The van der Waals surface area contributed by atoms with Gasteiger partial charge in [-0.15, -0.1) is 0 Å². The van der Waals surface area contributed by atoms with Crippen LogP contribution in [-0.2, 0) is 6.42 Å². The Kier molecular flexibility index (Phi) is 6.85. The fourth-order valence-electron chi connectivity index (χ4n) is 3.66. The molecule has 2 nitrogen and oxygen atoms in total. The van der Waals surface area contributed by atoms with E-state index in [2.05, 4.69) is 35.5 Å². The van der Waals surface area contributed by atoms with Crippen LogP contribution < -0.4 is 0 Å². The van der Waals surface area contributed by atoms with Crippen molar-refractivity contribution in [2.75, 3.05) is 5.33 Å². The number of alkyl halides is 1. The molecule has 2 atom stereocenters. The smallest absolute Gasteiger partial charge is 0.150 e. The second kappa shape index (κ2) is 8.66. The van der Waals surface area contributed by atoms with Crippen molar-refractivity contribution in [1.82, 2.24) is 0 Å². The number of unbranched alkanes of at least 4 members (excludes halogenated alkanes) is 1. The molecule has 3 heteroatoms. The van der Waals surface area contributed by atoms with Crippen molar-refractivity contribution in [3.63, 3.8) is 0 Å². The van der Waals surface area contributed by atoms with Crippen molar-refractivity contribution >= 4 is 22.2 Å². The van der Waals surface area contributed by atoms with Crippen LogP contribution in [0.2, 0.25) is 0 Å². The zero-order valence-corrected chi connectivity index (χ0v) is 16.2. The van der Waals surface area contributed by atoms with Gasteiger partial charge in [0.1, 0.15) is 12.0 Å². The number of rotatable bonds is 7. The molecule has 1 aliphatic carbocycles. The van der Waals surface area contributed by atoms with Gasteiger partial charge < -0.3 is 5.11 Å². The van der Waals surface area contributed by atoms with E-state index in [9.17, 15) is 9.90 Å². The molecule has 0 heterocycles. The van der Waals surface area contributed by atoms with Crippen LogP contribution in [0.25, 0.3) is 0 Å². The minimum atomic E-state index is 0.0352. The zero-order valence-electron chi connectivity index (χ0n) is 14.6. The lowest BCUT2D eigenvalue weighted by molar-refractivity contribution is 0.112. The highest BCUT2D eigenvalue weighted by molar-refractivity contribution is 9.09. The minimum absolute atomic E-state index is 0.0352. The number of benzene rings is 1. The average molecular weight is 391 g/mol. The summed E-state index contributed by atoms with van der Waals surface area (Å²) in [4.78, 5) is 11.7. The zero-order chi connectivity index (χ0) is 17.7. The Morgan fingerprint density at radius 1 is 1.42 bits per heavy atom. The predicted molar refractivity (Wildman–Crippen MR) is 104 cm³/mol. The van der Waals surface area contributed by atoms with E-state index in [1.807, 2.05) is 19.1 Å². The first kappa shape index (κ1) is 19.0. The van der Waals surface area contributed by atoms with Crippen LogP contribution in [0.1, 0.15) is 66.9 Å². The van der Waals surface area contributed by atoms with Crippen LogP contribution in [0, 0.1) is 5.92 Å². The summed E-state index contributed by atoms with van der Waals surface area (Å²) in [5, 5.41) is 11.6. The van der Waals surface area contributed by atoms with Crippen molar-refractivity contribution < 1.29 is 9.90 Å². The summed E-state index contributed by atoms with van der Waals surface area (Å²) in [5.74, 6) is 0.557. The van der Waals surface area contributed by atoms with E-state index in [4.69, 9.17) is 0 Å². The topological polar surface area (TPSA) is 37.3 Å². The number of allylic oxidation sites excluding steroid dienone is 3. The molecule has 24 heavy (non-hydrogen) atoms. The lowest BCUT2D eigenvalue weighted by atomic mass is 9.73. The third-order valence-electron chi connectivity index (χ3n) is 4.94. The maximum Gasteiger partial charge on any atom is 0.150 e. The summed E-state index contributed by atoms with van der Waals surface area (Å²) in [6, 6.07) is 3.79. The van der Waals surface area contributed by atoms with Crippen LogP contribution >= 0.6 is 15.9 Å². The third-order valence-corrected chi connectivity index (χ3v) is 5.50. The molecule has 130 valence electrons. The van der Waals surface area contributed by atoms with Crippen LogP contribution in [0.15, 0.2) is 35.9 Å². The molecule has 0 aliphatic heterocycles. The van der Waals surface area contributed by atoms with E-state index in [0.717, 1.165) is 60.4 Å². The van der Waals surface area contributed by atoms with Crippen molar-refractivity contribution in [1.29, 1.82) is 0 Å². The molecular weight excluding hydrogens is 364 g/mol. The van der Waals surface area contributed by atoms with Gasteiger partial charge in [0.05, 0.1) is 0 Å². The molecule has 2 rings (SSSR count). The second-order valence-corrected chi connectivity index (χ2v) is 7.71. The standard InChI is InChI=1S/C21H27BrO2/c1-14(2)18-8-7-15(3)10-19(18)21-17(13-23)11-16(12-20(21)24)6-4-5-9-22/h10-13,18-19,24H,1,4-9H2,2-3H3. The summed E-state index contributed by atoms with van der Waals surface area (Å²) in [5.41, 5.74) is 4.84. The van der Waals surface area contributed by atoms with E-state index in [1.54, 1.807) is 0 Å². The molecule has 0 saturated heterocycles. The monoisotopic (exact) mass is 390 g/mol. The maximum absolute atomic E-state index is 11.7. The molecule has 1 N–H and O–H groups in total. The van der Waals surface area contributed by atoms with Gasteiger partial charge in [-0.25, -0.2) is 0 Å². The van der Waals surface area contributed by atoms with E-state index in [0.29, 0.717) is 5.56 Å². The first-order chi connectivity index (χ1) is 11.5. The lowest BCUT2D eigenvalue weighted by Crippen LogP contribution is -2.18. The number of phenols is 1. The summed E-state index contributed by atoms with van der Waals surface area (Å²) in [6.07, 6.45) is 8.17. The Bertz CT molecular complexity index is 645. The summed E-state index contributed by atoms with van der Waals surface area (Å²) < 4.78 is 0. The Morgan fingerprint density at radius 2 is 2.17 bits per heavy atom. The molecule has 0 aromatic heterocycles. The number of halogens is 1. The number of hydrogen-bond donors (Lipinski definition) is 1. The predicted octanol–water partition coefficient (Wildman–Crippen LogP) is 5.94. The van der Waals surface area contributed by atoms with Gasteiger partial charge in [-0.05, 0) is 69.6 Å². The van der Waals surface area contributed by atoms with Crippen LogP contribution in [0.4, 0.5) is 0 Å². The van der Waals surface area contributed by atoms with Gasteiger partial charge >= 0.3 is 0 Å². The fraction of sp³-hybridized carbons (Fsp3) is 0.476. The van der Waals surface area contributed by atoms with Gasteiger partial charge in [-0.2, -0.15) is 0 Å². The second-order valence-electron chi connectivity index (χ2n) is 6.91. The molecule has 2 unspecified atom stereocenters. The number of carbonyl (C=O) groups is 1. The van der Waals surface area contributed by atoms with Gasteiger partial charge in [-0.1, -0.05) is 39.7 Å². The van der Waals surface area contributed by atoms with Crippen molar-refractivity contribution in [2.45, 2.75) is 51.9 Å². The molecule has 0 bridgehead atoms. The Balaban J connectivity index is 2.42. The third kappa shape index (κ3) is 4.38. The number of carbonyl (C=O) groups excluding carboxylic acids is 1. The van der Waals surface area contributed by atoms with Gasteiger partial charge in [0, 0.05) is 22.4 Å². The lowest BCUT2D eigenvalue weighted by Gasteiger charge is -2.32. The minimum Gasteiger partial charge on any atom is -0.508 e. The molecule has 1 aromatic rings. The number of aldehydes is 1. The number of aryl methyl sites for hydroxylation is 1. The molecular formula is C21H27BrO2. The van der Waals surface area contributed by atoms with Gasteiger partial charge in [-0.3, -0.25) is 4.79 Å². The highest BCUT2D eigenvalue weighted by Gasteiger charge is 2.29. The quantitative estimate of drug-likeness (QED) is 0.270. The largest absolute Gasteiger partial charge is 0.508 e.